The van der Waals surface area contributed by atoms with Gasteiger partial charge in [-0.25, -0.2) is 9.18 Å². The molecular weight excluding hydrogens is 495 g/mol. The van der Waals surface area contributed by atoms with Crippen LogP contribution in [0.1, 0.15) is 88.9 Å². The highest BCUT2D eigenvalue weighted by Gasteiger charge is 2.37. The zero-order valence-electron chi connectivity index (χ0n) is 24.4. The fraction of sp³-hybridized carbons (Fsp3) is 0.562. The molecule has 1 aromatic heterocycles. The smallest absolute Gasteiger partial charge is 0.337 e. The van der Waals surface area contributed by atoms with Crippen LogP contribution in [0.4, 0.5) is 10.1 Å². The third kappa shape index (κ3) is 6.99. The van der Waals surface area contributed by atoms with E-state index < -0.39 is 17.7 Å². The van der Waals surface area contributed by atoms with E-state index in [9.17, 15) is 14.3 Å². The molecule has 1 fully saturated rings. The van der Waals surface area contributed by atoms with Crippen molar-refractivity contribution in [2.45, 2.75) is 85.9 Å². The van der Waals surface area contributed by atoms with Crippen molar-refractivity contribution in [3.63, 3.8) is 0 Å². The number of aryl methyl sites for hydroxylation is 2. The summed E-state index contributed by atoms with van der Waals surface area (Å²) in [5, 5.41) is 10.3. The number of rotatable bonds is 9. The summed E-state index contributed by atoms with van der Waals surface area (Å²) in [6.07, 6.45) is 4.96. The molecule has 1 aliphatic carbocycles. The van der Waals surface area contributed by atoms with Crippen molar-refractivity contribution < 1.29 is 23.8 Å². The Morgan fingerprint density at radius 2 is 1.77 bits per heavy atom. The number of aliphatic carboxylic acids is 1. The Morgan fingerprint density at radius 1 is 1.15 bits per heavy atom. The second-order valence-electron chi connectivity index (χ2n) is 12.8. The molecule has 2 aromatic rings. The summed E-state index contributed by atoms with van der Waals surface area (Å²) >= 11 is 0. The Hall–Kier alpha value is -2.93. The zero-order valence-corrected chi connectivity index (χ0v) is 24.4. The van der Waals surface area contributed by atoms with Crippen LogP contribution in [0.15, 0.2) is 30.3 Å². The lowest BCUT2D eigenvalue weighted by molar-refractivity contribution is -0.160. The number of halogens is 1. The van der Waals surface area contributed by atoms with Crippen LogP contribution in [0, 0.1) is 31.0 Å². The number of nitrogens with zero attached hydrogens (tertiary/aromatic N) is 2. The summed E-state index contributed by atoms with van der Waals surface area (Å²) in [5.74, 6) is -0.251. The zero-order chi connectivity index (χ0) is 28.5. The van der Waals surface area contributed by atoms with Crippen molar-refractivity contribution in [3.8, 4) is 5.75 Å². The van der Waals surface area contributed by atoms with Crippen molar-refractivity contribution in [1.29, 1.82) is 0 Å². The standard InChI is InChI=1S/C32H43FN2O4/c1-20-26(23-18-22(19-23)12-17-38-25-10-8-24(33)9-11-25)28(35-15-13-32(6,7)14-16-35)27(21(2)34-20)29(30(36)37)39-31(3,4)5/h8-11,18,22,29H,12-17,19H2,1-7H3,(H,36,37). The number of anilines is 1. The average molecular weight is 539 g/mol. The van der Waals surface area contributed by atoms with Crippen molar-refractivity contribution in [2.24, 2.45) is 11.3 Å². The molecule has 6 nitrogen and oxygen atoms in total. The van der Waals surface area contributed by atoms with Gasteiger partial charge in [0.2, 0.25) is 0 Å². The Bertz CT molecular complexity index is 1220. The first-order valence-corrected chi connectivity index (χ1v) is 14.0. The summed E-state index contributed by atoms with van der Waals surface area (Å²) in [5.41, 5.74) is 5.14. The minimum atomic E-state index is -1.11. The molecule has 1 N–H and O–H groups in total. The van der Waals surface area contributed by atoms with Gasteiger partial charge in [0.25, 0.3) is 0 Å². The molecule has 2 atom stereocenters. The van der Waals surface area contributed by atoms with Gasteiger partial charge in [-0.05, 0) is 101 Å². The summed E-state index contributed by atoms with van der Waals surface area (Å²) in [6.45, 7) is 16.4. The van der Waals surface area contributed by atoms with E-state index in [1.807, 2.05) is 34.6 Å². The average Bonchev–Trinajstić information content (AvgIpc) is 2.80. The van der Waals surface area contributed by atoms with E-state index in [0.717, 1.165) is 55.7 Å². The quantitative estimate of drug-likeness (QED) is 0.362. The molecule has 212 valence electrons. The number of hydrogen-bond donors (Lipinski definition) is 1. The van der Waals surface area contributed by atoms with Gasteiger partial charge in [0.1, 0.15) is 11.6 Å². The normalized spacial score (nSPS) is 19.7. The molecule has 2 unspecified atom stereocenters. The number of piperidine rings is 1. The van der Waals surface area contributed by atoms with Gasteiger partial charge in [-0.2, -0.15) is 0 Å². The first kappa shape index (κ1) is 29.1. The molecule has 1 aromatic carbocycles. The van der Waals surface area contributed by atoms with E-state index in [4.69, 9.17) is 14.5 Å². The number of pyridine rings is 1. The summed E-state index contributed by atoms with van der Waals surface area (Å²) in [7, 11) is 0. The van der Waals surface area contributed by atoms with E-state index in [1.165, 1.54) is 17.7 Å². The second-order valence-corrected chi connectivity index (χ2v) is 12.8. The predicted molar refractivity (Wildman–Crippen MR) is 153 cm³/mol. The van der Waals surface area contributed by atoms with Crippen LogP contribution in [0.25, 0.3) is 5.57 Å². The summed E-state index contributed by atoms with van der Waals surface area (Å²) in [6, 6.07) is 6.09. The maximum atomic E-state index is 13.2. The molecule has 0 saturated carbocycles. The van der Waals surface area contributed by atoms with Gasteiger partial charge in [0.15, 0.2) is 6.10 Å². The van der Waals surface area contributed by atoms with Crippen molar-refractivity contribution in [2.75, 3.05) is 24.6 Å². The summed E-state index contributed by atoms with van der Waals surface area (Å²) < 4.78 is 25.1. The maximum Gasteiger partial charge on any atom is 0.337 e. The third-order valence-corrected chi connectivity index (χ3v) is 7.78. The highest BCUT2D eigenvalue weighted by Crippen LogP contribution is 2.47. The van der Waals surface area contributed by atoms with Crippen LogP contribution in [0.2, 0.25) is 0 Å². The fourth-order valence-electron chi connectivity index (χ4n) is 5.56. The van der Waals surface area contributed by atoms with E-state index in [1.54, 1.807) is 12.1 Å². The molecule has 0 bridgehead atoms. The van der Waals surface area contributed by atoms with E-state index >= 15 is 0 Å². The first-order chi connectivity index (χ1) is 18.2. The predicted octanol–water partition coefficient (Wildman–Crippen LogP) is 7.28. The van der Waals surface area contributed by atoms with Crippen LogP contribution in [0.3, 0.4) is 0 Å². The van der Waals surface area contributed by atoms with Gasteiger partial charge < -0.3 is 19.5 Å². The van der Waals surface area contributed by atoms with Crippen LogP contribution in [-0.2, 0) is 9.53 Å². The van der Waals surface area contributed by atoms with E-state index in [-0.39, 0.29) is 11.2 Å². The number of carbonyl (C=O) groups is 1. The molecule has 39 heavy (non-hydrogen) atoms. The van der Waals surface area contributed by atoms with Gasteiger partial charge in [-0.3, -0.25) is 4.98 Å². The Balaban J connectivity index is 1.66. The van der Waals surface area contributed by atoms with Crippen LogP contribution < -0.4 is 9.64 Å². The molecule has 7 heteroatoms. The number of carboxylic acid groups (broad SMARTS) is 1. The van der Waals surface area contributed by atoms with E-state index in [0.29, 0.717) is 29.5 Å². The number of aromatic nitrogens is 1. The minimum absolute atomic E-state index is 0.257. The Kier molecular flexibility index (Phi) is 8.41. The number of hydrogen-bond acceptors (Lipinski definition) is 5. The molecule has 2 aliphatic rings. The lowest BCUT2D eigenvalue weighted by Crippen LogP contribution is -2.40. The van der Waals surface area contributed by atoms with E-state index in [2.05, 4.69) is 24.8 Å². The van der Waals surface area contributed by atoms with Gasteiger partial charge in [0.05, 0.1) is 17.9 Å². The molecule has 0 radical (unpaired) electrons. The maximum absolute atomic E-state index is 13.2. The largest absolute Gasteiger partial charge is 0.494 e. The lowest BCUT2D eigenvalue weighted by atomic mass is 9.77. The second kappa shape index (κ2) is 11.3. The molecule has 1 saturated heterocycles. The topological polar surface area (TPSA) is 71.9 Å². The van der Waals surface area contributed by atoms with Gasteiger partial charge in [-0.15, -0.1) is 0 Å². The first-order valence-electron chi connectivity index (χ1n) is 14.0. The number of allylic oxidation sites excluding steroid dienone is 2. The molecule has 1 aliphatic heterocycles. The van der Waals surface area contributed by atoms with Crippen LogP contribution in [-0.4, -0.2) is 41.4 Å². The van der Waals surface area contributed by atoms with Crippen LogP contribution >= 0.6 is 0 Å². The number of benzene rings is 1. The molecule has 2 heterocycles. The SMILES string of the molecule is Cc1nc(C)c(C(OC(C)(C)C)C(=O)O)c(N2CCC(C)(C)CC2)c1C1=CC(CCOc2ccc(F)cc2)C1. The molecule has 0 amide bonds. The number of ether oxygens (including phenoxy) is 2. The molecule has 0 spiro atoms. The third-order valence-electron chi connectivity index (χ3n) is 7.78. The molecular formula is C32H43FN2O4. The highest BCUT2D eigenvalue weighted by molar-refractivity contribution is 5.87. The summed E-state index contributed by atoms with van der Waals surface area (Å²) in [4.78, 5) is 19.8. The van der Waals surface area contributed by atoms with Gasteiger partial charge in [-0.1, -0.05) is 19.9 Å². The lowest BCUT2D eigenvalue weighted by Gasteiger charge is -2.42. The Labute approximate surface area is 232 Å². The highest BCUT2D eigenvalue weighted by atomic mass is 19.1. The monoisotopic (exact) mass is 538 g/mol. The molecule has 4 rings (SSSR count). The van der Waals surface area contributed by atoms with Crippen molar-refractivity contribution in [3.05, 3.63) is 58.7 Å². The number of carboxylic acids is 1. The van der Waals surface area contributed by atoms with Gasteiger partial charge in [0, 0.05) is 35.6 Å². The fourth-order valence-corrected chi connectivity index (χ4v) is 5.56. The van der Waals surface area contributed by atoms with Crippen molar-refractivity contribution >= 4 is 17.2 Å². The van der Waals surface area contributed by atoms with Gasteiger partial charge >= 0.3 is 5.97 Å². The van der Waals surface area contributed by atoms with Crippen LogP contribution in [0.5, 0.6) is 5.75 Å². The van der Waals surface area contributed by atoms with Crippen molar-refractivity contribution in [1.82, 2.24) is 4.98 Å². The minimum Gasteiger partial charge on any atom is -0.494 e. The Morgan fingerprint density at radius 3 is 2.33 bits per heavy atom.